The van der Waals surface area contributed by atoms with E-state index in [9.17, 15) is 0 Å². The molecule has 1 rings (SSSR count). The maximum atomic E-state index is 5.50. The number of epoxide rings is 1. The van der Waals surface area contributed by atoms with Crippen LogP contribution < -0.4 is 0 Å². The summed E-state index contributed by atoms with van der Waals surface area (Å²) in [4.78, 5) is 0. The molecule has 1 unspecified atom stereocenters. The molecule has 3 nitrogen and oxygen atoms in total. The predicted molar refractivity (Wildman–Crippen MR) is 64.6 cm³/mol. The normalized spacial score (nSPS) is 20.1. The van der Waals surface area contributed by atoms with Gasteiger partial charge in [-0.1, -0.05) is 13.8 Å². The van der Waals surface area contributed by atoms with E-state index >= 15 is 0 Å². The van der Waals surface area contributed by atoms with Gasteiger partial charge in [0.1, 0.15) is 6.10 Å². The maximum absolute atomic E-state index is 5.50. The molecule has 1 aliphatic heterocycles. The van der Waals surface area contributed by atoms with E-state index in [1.165, 1.54) is 0 Å². The first-order chi connectivity index (χ1) is 7.76. The van der Waals surface area contributed by atoms with Crippen molar-refractivity contribution in [3.8, 4) is 0 Å². The minimum absolute atomic E-state index is 0.0104. The van der Waals surface area contributed by atoms with Gasteiger partial charge in [0.05, 0.1) is 18.8 Å². The second-order valence-electron chi connectivity index (χ2n) is 4.48. The molecule has 4 heteroatoms. The Morgan fingerprint density at radius 2 is 2.00 bits per heavy atom. The Bertz CT molecular complexity index is 171. The van der Waals surface area contributed by atoms with E-state index in [0.717, 1.165) is 51.9 Å². The van der Waals surface area contributed by atoms with E-state index in [-0.39, 0.29) is 5.60 Å². The van der Waals surface area contributed by atoms with Gasteiger partial charge in [0.2, 0.25) is 10.5 Å². The van der Waals surface area contributed by atoms with Gasteiger partial charge in [0.15, 0.2) is 0 Å². The number of unbranched alkanes of at least 4 members (excludes halogenated alkanes) is 1. The van der Waals surface area contributed by atoms with Crippen molar-refractivity contribution in [3.05, 3.63) is 0 Å². The highest BCUT2D eigenvalue weighted by molar-refractivity contribution is 5.98. The van der Waals surface area contributed by atoms with Gasteiger partial charge < -0.3 is 13.9 Å². The Kier molecular flexibility index (Phi) is 6.57. The molecule has 0 spiro atoms. The van der Waals surface area contributed by atoms with Crippen molar-refractivity contribution < 1.29 is 13.9 Å². The lowest BCUT2D eigenvalue weighted by Crippen LogP contribution is -2.30. The fourth-order valence-electron chi connectivity index (χ4n) is 1.83. The van der Waals surface area contributed by atoms with Crippen molar-refractivity contribution in [3.63, 3.8) is 0 Å². The van der Waals surface area contributed by atoms with Gasteiger partial charge in [-0.25, -0.2) is 0 Å². The molecular formula is C12H23O3Si. The SMILES string of the molecule is CCC(CC)(CCCCOCC1CO1)O[Si]. The quantitative estimate of drug-likeness (QED) is 0.335. The van der Waals surface area contributed by atoms with Crippen LogP contribution in [-0.4, -0.2) is 42.0 Å². The van der Waals surface area contributed by atoms with Crippen molar-refractivity contribution >= 4 is 10.5 Å². The summed E-state index contributed by atoms with van der Waals surface area (Å²) in [7, 11) is 3.20. The van der Waals surface area contributed by atoms with Gasteiger partial charge in [-0.3, -0.25) is 0 Å². The summed E-state index contributed by atoms with van der Waals surface area (Å²) in [6, 6.07) is 0. The predicted octanol–water partition coefficient (Wildman–Crippen LogP) is 2.23. The zero-order valence-corrected chi connectivity index (χ0v) is 11.5. The third-order valence-corrected chi connectivity index (χ3v) is 3.82. The molecule has 0 aromatic heterocycles. The first-order valence-corrected chi connectivity index (χ1v) is 6.71. The molecule has 0 N–H and O–H groups in total. The monoisotopic (exact) mass is 243 g/mol. The van der Waals surface area contributed by atoms with Gasteiger partial charge in [0.25, 0.3) is 0 Å². The summed E-state index contributed by atoms with van der Waals surface area (Å²) in [5, 5.41) is 0. The van der Waals surface area contributed by atoms with E-state index in [0.29, 0.717) is 6.10 Å². The van der Waals surface area contributed by atoms with E-state index in [1.54, 1.807) is 0 Å². The van der Waals surface area contributed by atoms with Crippen LogP contribution in [0.5, 0.6) is 0 Å². The van der Waals surface area contributed by atoms with Crippen LogP contribution >= 0.6 is 0 Å². The Balaban J connectivity index is 1.98. The van der Waals surface area contributed by atoms with Crippen molar-refractivity contribution in [1.82, 2.24) is 0 Å². The molecule has 1 aliphatic rings. The van der Waals surface area contributed by atoms with Crippen LogP contribution in [0.4, 0.5) is 0 Å². The molecule has 16 heavy (non-hydrogen) atoms. The van der Waals surface area contributed by atoms with E-state index in [1.807, 2.05) is 0 Å². The van der Waals surface area contributed by atoms with Crippen LogP contribution in [0.1, 0.15) is 46.0 Å². The topological polar surface area (TPSA) is 31.0 Å². The van der Waals surface area contributed by atoms with Gasteiger partial charge in [-0.15, -0.1) is 0 Å². The molecule has 0 aromatic carbocycles. The Morgan fingerprint density at radius 1 is 1.31 bits per heavy atom. The highest BCUT2D eigenvalue weighted by Crippen LogP contribution is 2.25. The van der Waals surface area contributed by atoms with Crippen LogP contribution in [0.15, 0.2) is 0 Å². The number of hydrogen-bond donors (Lipinski definition) is 0. The van der Waals surface area contributed by atoms with Crippen LogP contribution in [0, 0.1) is 0 Å². The zero-order valence-electron chi connectivity index (χ0n) is 10.5. The average Bonchev–Trinajstić information content (AvgIpc) is 3.13. The minimum atomic E-state index is 0.0104. The van der Waals surface area contributed by atoms with Gasteiger partial charge in [-0.05, 0) is 32.1 Å². The molecular weight excluding hydrogens is 220 g/mol. The van der Waals surface area contributed by atoms with E-state index < -0.39 is 0 Å². The first-order valence-electron chi connectivity index (χ1n) is 6.30. The van der Waals surface area contributed by atoms with Crippen molar-refractivity contribution in [2.24, 2.45) is 0 Å². The highest BCUT2D eigenvalue weighted by atomic mass is 28.2. The average molecular weight is 243 g/mol. The standard InChI is InChI=1S/C12H23O3Si/c1-3-12(4-2,15-16)7-5-6-8-13-9-11-10-14-11/h11H,3-10H2,1-2H3. The van der Waals surface area contributed by atoms with Gasteiger partial charge >= 0.3 is 0 Å². The van der Waals surface area contributed by atoms with Crippen LogP contribution in [0.2, 0.25) is 0 Å². The Morgan fingerprint density at radius 3 is 2.50 bits per heavy atom. The molecule has 0 bridgehead atoms. The van der Waals surface area contributed by atoms with Gasteiger partial charge in [0, 0.05) is 6.61 Å². The van der Waals surface area contributed by atoms with Crippen LogP contribution in [-0.2, 0) is 13.9 Å². The fourth-order valence-corrected chi connectivity index (χ4v) is 2.22. The summed E-state index contributed by atoms with van der Waals surface area (Å²) in [6.07, 6.45) is 5.82. The molecule has 0 aromatic rings. The van der Waals surface area contributed by atoms with Crippen LogP contribution in [0.25, 0.3) is 0 Å². The lowest BCUT2D eigenvalue weighted by Gasteiger charge is -2.30. The Hall–Kier alpha value is 0.0969. The summed E-state index contributed by atoms with van der Waals surface area (Å²) < 4.78 is 16.0. The molecule has 1 atom stereocenters. The van der Waals surface area contributed by atoms with E-state index in [4.69, 9.17) is 13.9 Å². The smallest absolute Gasteiger partial charge is 0.247 e. The molecule has 0 amide bonds. The maximum Gasteiger partial charge on any atom is 0.247 e. The zero-order chi connectivity index (χ0) is 11.9. The fraction of sp³-hybridized carbons (Fsp3) is 1.00. The molecule has 93 valence electrons. The highest BCUT2D eigenvalue weighted by Gasteiger charge is 2.24. The third-order valence-electron chi connectivity index (χ3n) is 3.38. The third kappa shape index (κ3) is 4.95. The molecule has 0 saturated carbocycles. The van der Waals surface area contributed by atoms with Crippen LogP contribution in [0.3, 0.4) is 0 Å². The molecule has 3 radical (unpaired) electrons. The van der Waals surface area contributed by atoms with Gasteiger partial charge in [-0.2, -0.15) is 0 Å². The number of rotatable bonds is 10. The Labute approximate surface area is 102 Å². The summed E-state index contributed by atoms with van der Waals surface area (Å²) in [5.74, 6) is 0. The molecule has 0 aliphatic carbocycles. The van der Waals surface area contributed by atoms with Crippen molar-refractivity contribution in [2.75, 3.05) is 19.8 Å². The van der Waals surface area contributed by atoms with E-state index in [2.05, 4.69) is 24.3 Å². The molecule has 1 heterocycles. The molecule has 1 fully saturated rings. The summed E-state index contributed by atoms with van der Waals surface area (Å²) in [5.41, 5.74) is 0.0104. The van der Waals surface area contributed by atoms with Crippen molar-refractivity contribution in [2.45, 2.75) is 57.7 Å². The number of hydrogen-bond acceptors (Lipinski definition) is 3. The lowest BCUT2D eigenvalue weighted by atomic mass is 9.91. The summed E-state index contributed by atoms with van der Waals surface area (Å²) >= 11 is 0. The summed E-state index contributed by atoms with van der Waals surface area (Å²) in [6.45, 7) is 6.83. The lowest BCUT2D eigenvalue weighted by molar-refractivity contribution is 0.0529. The van der Waals surface area contributed by atoms with Crippen molar-refractivity contribution in [1.29, 1.82) is 0 Å². The molecule has 1 saturated heterocycles. The number of ether oxygens (including phenoxy) is 2. The minimum Gasteiger partial charge on any atom is -0.413 e. The second-order valence-corrected chi connectivity index (χ2v) is 4.68. The largest absolute Gasteiger partial charge is 0.413 e. The first kappa shape index (κ1) is 14.2. The second kappa shape index (κ2) is 7.43.